The number of nitrogens with zero attached hydrogens (tertiary/aromatic N) is 1. The molecule has 4 rings (SSSR count). The monoisotopic (exact) mass is 742 g/mol. The van der Waals surface area contributed by atoms with Crippen LogP contribution in [0.1, 0.15) is 49.5 Å². The second kappa shape index (κ2) is 18.3. The number of nitro benzene ring substituents is 1. The molecule has 3 N–H and O–H groups in total. The van der Waals surface area contributed by atoms with Crippen molar-refractivity contribution in [2.45, 2.75) is 50.9 Å². The molecule has 53 heavy (non-hydrogen) atoms. The van der Waals surface area contributed by atoms with Crippen molar-refractivity contribution < 1.29 is 56.9 Å². The third kappa shape index (κ3) is 11.5. The Morgan fingerprint density at radius 1 is 0.925 bits per heavy atom. The van der Waals surface area contributed by atoms with Gasteiger partial charge in [0.05, 0.1) is 45.0 Å². The lowest BCUT2D eigenvalue weighted by atomic mass is 10.0. The van der Waals surface area contributed by atoms with Gasteiger partial charge in [0.15, 0.2) is 11.5 Å². The number of amides is 3. The molecule has 16 nitrogen and oxygen atoms in total. The van der Waals surface area contributed by atoms with Crippen LogP contribution in [0.15, 0.2) is 54.6 Å². The molecule has 1 aliphatic rings. The molecule has 0 radical (unpaired) electrons. The average Bonchev–Trinajstić information content (AvgIpc) is 3.10. The molecule has 4 bridgehead atoms. The highest BCUT2D eigenvalue weighted by Gasteiger charge is 2.33. The van der Waals surface area contributed by atoms with Gasteiger partial charge in [0.1, 0.15) is 36.0 Å². The fraction of sp³-hybridized carbons (Fsp3) is 0.417. The van der Waals surface area contributed by atoms with Gasteiger partial charge in [0.2, 0.25) is 17.6 Å². The number of benzene rings is 3. The summed E-state index contributed by atoms with van der Waals surface area (Å²) >= 11 is 0. The molecule has 3 atom stereocenters. The molecule has 1 aliphatic heterocycles. The molecule has 3 aromatic rings. The van der Waals surface area contributed by atoms with E-state index in [1.165, 1.54) is 45.6 Å². The standard InChI is InChI=1S/C36H43FN4O12/c1-36(2,3)53-35(44)40-32-22-8-10-30(49-6)31(17-22)52-25-16-23(15-24(18-25)48-5)28(19-51-20-50-12-11-47-4)39-33(42)27(38-34(32)43)13-21-7-9-26(37)29(14-21)41(45)46/h7-10,14-18,27-28,32H,11-13,19-20H2,1-6H3,(H,38,43)(H,39,42)(H,40,44)/t27-,28-,32-/m1/s1. The summed E-state index contributed by atoms with van der Waals surface area (Å²) in [5.74, 6) is -1.58. The van der Waals surface area contributed by atoms with Crippen molar-refractivity contribution >= 4 is 23.6 Å². The summed E-state index contributed by atoms with van der Waals surface area (Å²) in [6.07, 6.45) is -1.25. The molecule has 0 spiro atoms. The van der Waals surface area contributed by atoms with Crippen LogP contribution in [0.4, 0.5) is 14.9 Å². The number of rotatable bonds is 13. The number of fused-ring (bicyclic) bond motifs is 4. The quantitative estimate of drug-likeness (QED) is 0.0952. The van der Waals surface area contributed by atoms with E-state index in [0.717, 1.165) is 12.1 Å². The van der Waals surface area contributed by atoms with Gasteiger partial charge >= 0.3 is 11.8 Å². The van der Waals surface area contributed by atoms with Crippen molar-refractivity contribution in [3.05, 3.63) is 87.2 Å². The zero-order chi connectivity index (χ0) is 38.7. The first-order chi connectivity index (χ1) is 25.2. The van der Waals surface area contributed by atoms with Crippen molar-refractivity contribution in [2.24, 2.45) is 0 Å². The highest BCUT2D eigenvalue weighted by molar-refractivity contribution is 5.92. The first-order valence-corrected chi connectivity index (χ1v) is 16.4. The second-order valence-corrected chi connectivity index (χ2v) is 12.8. The van der Waals surface area contributed by atoms with E-state index in [2.05, 4.69) is 16.0 Å². The largest absolute Gasteiger partial charge is 0.497 e. The zero-order valence-electron chi connectivity index (χ0n) is 30.2. The molecular formula is C36H43FN4O12. The molecule has 286 valence electrons. The predicted octanol–water partition coefficient (Wildman–Crippen LogP) is 4.64. The van der Waals surface area contributed by atoms with Gasteiger partial charge in [0, 0.05) is 25.7 Å². The second-order valence-electron chi connectivity index (χ2n) is 12.8. The Balaban J connectivity index is 1.85. The Morgan fingerprint density at radius 3 is 2.36 bits per heavy atom. The number of carbonyl (C=O) groups is 3. The molecule has 0 aliphatic carbocycles. The minimum absolute atomic E-state index is 0.129. The fourth-order valence-corrected chi connectivity index (χ4v) is 5.22. The third-order valence-corrected chi connectivity index (χ3v) is 7.69. The van der Waals surface area contributed by atoms with Gasteiger partial charge in [-0.05, 0) is 67.8 Å². The molecule has 3 aromatic carbocycles. The Hall–Kier alpha value is -5.52. The van der Waals surface area contributed by atoms with E-state index in [9.17, 15) is 28.9 Å². The minimum atomic E-state index is -1.46. The summed E-state index contributed by atoms with van der Waals surface area (Å²) in [7, 11) is 4.41. The number of alkyl carbamates (subject to hydrolysis) is 1. The lowest BCUT2D eigenvalue weighted by Crippen LogP contribution is -2.52. The van der Waals surface area contributed by atoms with Crippen LogP contribution >= 0.6 is 0 Å². The van der Waals surface area contributed by atoms with Gasteiger partial charge in [-0.3, -0.25) is 19.7 Å². The summed E-state index contributed by atoms with van der Waals surface area (Å²) in [5.41, 5.74) is -0.871. The number of nitrogens with one attached hydrogen (secondary N) is 3. The van der Waals surface area contributed by atoms with E-state index in [1.807, 2.05) is 0 Å². The number of nitro groups is 1. The van der Waals surface area contributed by atoms with Crippen LogP contribution in [0.5, 0.6) is 23.0 Å². The zero-order valence-corrected chi connectivity index (χ0v) is 30.2. The van der Waals surface area contributed by atoms with Gasteiger partial charge in [-0.1, -0.05) is 12.1 Å². The highest BCUT2D eigenvalue weighted by atomic mass is 19.1. The van der Waals surface area contributed by atoms with E-state index in [-0.39, 0.29) is 49.1 Å². The Morgan fingerprint density at radius 2 is 1.68 bits per heavy atom. The van der Waals surface area contributed by atoms with E-state index >= 15 is 0 Å². The van der Waals surface area contributed by atoms with Gasteiger partial charge in [-0.25, -0.2) is 4.79 Å². The number of carbonyl (C=O) groups excluding carboxylic acids is 3. The summed E-state index contributed by atoms with van der Waals surface area (Å²) in [6, 6.07) is 8.83. The van der Waals surface area contributed by atoms with E-state index in [4.69, 9.17) is 33.2 Å². The number of hydrogen-bond donors (Lipinski definition) is 3. The van der Waals surface area contributed by atoms with Gasteiger partial charge in [-0.2, -0.15) is 4.39 Å². The summed E-state index contributed by atoms with van der Waals surface area (Å²) in [5, 5.41) is 19.6. The first-order valence-electron chi connectivity index (χ1n) is 16.4. The summed E-state index contributed by atoms with van der Waals surface area (Å²) in [4.78, 5) is 52.1. The Labute approximate surface area is 305 Å². The van der Waals surface area contributed by atoms with E-state index in [0.29, 0.717) is 23.7 Å². The van der Waals surface area contributed by atoms with Crippen LogP contribution in [-0.2, 0) is 35.0 Å². The van der Waals surface area contributed by atoms with E-state index in [1.54, 1.807) is 39.0 Å². The number of ether oxygens (including phenoxy) is 7. The summed E-state index contributed by atoms with van der Waals surface area (Å²) in [6.45, 7) is 5.25. The Bertz CT molecular complexity index is 1780. The normalized spacial score (nSPS) is 17.4. The van der Waals surface area contributed by atoms with Gasteiger partial charge in [-0.15, -0.1) is 0 Å². The maximum Gasteiger partial charge on any atom is 0.408 e. The highest BCUT2D eigenvalue weighted by Crippen LogP contribution is 2.37. The molecule has 0 saturated carbocycles. The molecule has 3 amide bonds. The molecule has 0 unspecified atom stereocenters. The lowest BCUT2D eigenvalue weighted by Gasteiger charge is -2.28. The van der Waals surface area contributed by atoms with Crippen molar-refractivity contribution in [2.75, 3.05) is 47.9 Å². The number of halogens is 1. The van der Waals surface area contributed by atoms with Crippen LogP contribution in [0, 0.1) is 15.9 Å². The van der Waals surface area contributed by atoms with E-state index < -0.39 is 58.1 Å². The Kier molecular flexibility index (Phi) is 13.9. The lowest BCUT2D eigenvalue weighted by molar-refractivity contribution is -0.387. The van der Waals surface area contributed by atoms with Crippen LogP contribution in [0.2, 0.25) is 0 Å². The molecule has 17 heteroatoms. The molecule has 1 heterocycles. The van der Waals surface area contributed by atoms with Crippen molar-refractivity contribution in [3.8, 4) is 23.0 Å². The molecule has 0 saturated heterocycles. The van der Waals surface area contributed by atoms with Crippen molar-refractivity contribution in [1.29, 1.82) is 0 Å². The SMILES string of the molecule is COCCOCOC[C@H]1NC(=O)[C@@H](Cc2ccc(F)c([N+](=O)[O-])c2)NC(=O)[C@H](NC(=O)OC(C)(C)C)c2ccc(OC)c(c2)Oc2cc(OC)cc1c2. The van der Waals surface area contributed by atoms with Crippen LogP contribution in [0.25, 0.3) is 0 Å². The number of methoxy groups -OCH3 is 3. The van der Waals surface area contributed by atoms with Crippen LogP contribution in [-0.4, -0.2) is 82.4 Å². The maximum atomic E-state index is 14.3. The topological polar surface area (TPSA) is 195 Å². The van der Waals surface area contributed by atoms with Crippen molar-refractivity contribution in [1.82, 2.24) is 16.0 Å². The number of hydrogen-bond acceptors (Lipinski definition) is 12. The molecular weight excluding hydrogens is 699 g/mol. The van der Waals surface area contributed by atoms with Gasteiger partial charge < -0.3 is 49.1 Å². The van der Waals surface area contributed by atoms with Crippen LogP contribution < -0.4 is 30.2 Å². The molecule has 0 aromatic heterocycles. The third-order valence-electron chi connectivity index (χ3n) is 7.69. The predicted molar refractivity (Wildman–Crippen MR) is 186 cm³/mol. The summed E-state index contributed by atoms with van der Waals surface area (Å²) < 4.78 is 53.2. The molecule has 0 fully saturated rings. The smallest absolute Gasteiger partial charge is 0.408 e. The van der Waals surface area contributed by atoms with Gasteiger partial charge in [0.25, 0.3) is 0 Å². The average molecular weight is 743 g/mol. The fourth-order valence-electron chi connectivity index (χ4n) is 5.22. The van der Waals surface area contributed by atoms with Crippen molar-refractivity contribution in [3.63, 3.8) is 0 Å². The maximum absolute atomic E-state index is 14.3. The van der Waals surface area contributed by atoms with Crippen LogP contribution in [0.3, 0.4) is 0 Å². The minimum Gasteiger partial charge on any atom is -0.497 e. The first kappa shape index (κ1) is 40.3.